The van der Waals surface area contributed by atoms with E-state index in [2.05, 4.69) is 36.6 Å². The van der Waals surface area contributed by atoms with Crippen molar-refractivity contribution in [2.45, 2.75) is 25.3 Å². The molecule has 1 fully saturated rings. The number of ether oxygens (including phenoxy) is 1. The molecule has 7 nitrogen and oxygen atoms in total. The van der Waals surface area contributed by atoms with Crippen molar-refractivity contribution >= 4 is 34.3 Å². The summed E-state index contributed by atoms with van der Waals surface area (Å²) in [6.45, 7) is 2.64. The molecule has 1 unspecified atom stereocenters. The lowest BCUT2D eigenvalue weighted by Gasteiger charge is -2.22. The summed E-state index contributed by atoms with van der Waals surface area (Å²) in [5, 5.41) is 7.67. The van der Waals surface area contributed by atoms with E-state index in [1.807, 2.05) is 36.4 Å². The molecule has 1 atom stereocenters. The summed E-state index contributed by atoms with van der Waals surface area (Å²) in [5.74, 6) is 2.69. The first-order valence-corrected chi connectivity index (χ1v) is 11.0. The normalized spacial score (nSPS) is 16.7. The molecule has 1 aliphatic rings. The van der Waals surface area contributed by atoms with Crippen molar-refractivity contribution in [3.8, 4) is 5.75 Å². The van der Waals surface area contributed by atoms with Crippen molar-refractivity contribution in [3.05, 3.63) is 53.3 Å². The maximum atomic E-state index is 6.20. The van der Waals surface area contributed by atoms with Gasteiger partial charge in [0.05, 0.1) is 23.8 Å². The van der Waals surface area contributed by atoms with E-state index in [4.69, 9.17) is 16.3 Å². The number of aromatic nitrogens is 2. The van der Waals surface area contributed by atoms with Crippen molar-refractivity contribution in [2.24, 2.45) is 4.99 Å². The number of fused-ring (bicyclic) bond motifs is 1. The summed E-state index contributed by atoms with van der Waals surface area (Å²) in [4.78, 5) is 14.7. The molecule has 31 heavy (non-hydrogen) atoms. The van der Waals surface area contributed by atoms with Gasteiger partial charge >= 0.3 is 0 Å². The SMILES string of the molecule is CN=C(NCCCc1nc2ccccc2[nH]1)NC1CCN(c2cc(Cl)ccc2OC)C1. The lowest BCUT2D eigenvalue weighted by atomic mass is 10.2. The fraction of sp³-hybridized carbons (Fsp3) is 0.391. The highest BCUT2D eigenvalue weighted by molar-refractivity contribution is 6.30. The highest BCUT2D eigenvalue weighted by Gasteiger charge is 2.25. The van der Waals surface area contributed by atoms with E-state index in [-0.39, 0.29) is 0 Å². The van der Waals surface area contributed by atoms with E-state index >= 15 is 0 Å². The van der Waals surface area contributed by atoms with E-state index in [1.54, 1.807) is 14.2 Å². The number of hydrogen-bond acceptors (Lipinski definition) is 4. The Balaban J connectivity index is 1.24. The monoisotopic (exact) mass is 440 g/mol. The Bertz CT molecular complexity index is 1020. The number of nitrogens with one attached hydrogen (secondary N) is 3. The molecule has 1 aliphatic heterocycles. The predicted molar refractivity (Wildman–Crippen MR) is 128 cm³/mol. The van der Waals surface area contributed by atoms with Crippen LogP contribution in [0.15, 0.2) is 47.5 Å². The summed E-state index contributed by atoms with van der Waals surface area (Å²) in [6.07, 6.45) is 2.89. The maximum absolute atomic E-state index is 6.20. The summed E-state index contributed by atoms with van der Waals surface area (Å²) in [5.41, 5.74) is 3.14. The van der Waals surface area contributed by atoms with Crippen LogP contribution in [0.3, 0.4) is 0 Å². The van der Waals surface area contributed by atoms with Gasteiger partial charge in [-0.1, -0.05) is 23.7 Å². The van der Waals surface area contributed by atoms with Gasteiger partial charge in [0.1, 0.15) is 11.6 Å². The zero-order valence-electron chi connectivity index (χ0n) is 18.0. The maximum Gasteiger partial charge on any atom is 0.191 e. The Morgan fingerprint density at radius 1 is 1.32 bits per heavy atom. The molecule has 4 rings (SSSR count). The van der Waals surface area contributed by atoms with Crippen LogP contribution >= 0.6 is 11.6 Å². The van der Waals surface area contributed by atoms with Crippen molar-refractivity contribution in [1.29, 1.82) is 0 Å². The summed E-state index contributed by atoms with van der Waals surface area (Å²) >= 11 is 6.20. The topological polar surface area (TPSA) is 77.6 Å². The van der Waals surface area contributed by atoms with Gasteiger partial charge in [0.15, 0.2) is 5.96 Å². The van der Waals surface area contributed by atoms with E-state index in [1.165, 1.54) is 0 Å². The minimum absolute atomic E-state index is 0.310. The number of nitrogens with zero attached hydrogens (tertiary/aromatic N) is 3. The van der Waals surface area contributed by atoms with Gasteiger partial charge in [-0.2, -0.15) is 0 Å². The van der Waals surface area contributed by atoms with Gasteiger partial charge in [0, 0.05) is 44.2 Å². The molecule has 8 heteroatoms. The highest BCUT2D eigenvalue weighted by atomic mass is 35.5. The molecule has 0 saturated carbocycles. The van der Waals surface area contributed by atoms with Gasteiger partial charge in [0.25, 0.3) is 0 Å². The number of methoxy groups -OCH3 is 1. The Kier molecular flexibility index (Phi) is 6.82. The number of rotatable bonds is 7. The second-order valence-corrected chi connectivity index (χ2v) is 8.13. The first-order chi connectivity index (χ1) is 15.2. The number of benzene rings is 2. The second kappa shape index (κ2) is 9.92. The third-order valence-corrected chi connectivity index (χ3v) is 5.79. The number of para-hydroxylation sites is 2. The van der Waals surface area contributed by atoms with Crippen LogP contribution in [0.1, 0.15) is 18.7 Å². The number of guanidine groups is 1. The summed E-state index contributed by atoms with van der Waals surface area (Å²) < 4.78 is 5.51. The van der Waals surface area contributed by atoms with Crippen molar-refractivity contribution in [3.63, 3.8) is 0 Å². The van der Waals surface area contributed by atoms with Crippen LogP contribution in [0.4, 0.5) is 5.69 Å². The molecule has 0 aliphatic carbocycles. The van der Waals surface area contributed by atoms with Crippen molar-refractivity contribution < 1.29 is 4.74 Å². The molecular formula is C23H29ClN6O. The third kappa shape index (κ3) is 5.22. The molecule has 0 bridgehead atoms. The van der Waals surface area contributed by atoms with Gasteiger partial charge in [0.2, 0.25) is 0 Å². The standard InChI is InChI=1S/C23H29ClN6O/c1-25-23(26-12-5-8-22-28-18-6-3-4-7-19(18)29-22)27-17-11-13-30(15-17)20-14-16(24)9-10-21(20)31-2/h3-4,6-7,9-10,14,17H,5,8,11-13,15H2,1-2H3,(H,28,29)(H2,25,26,27). The van der Waals surface area contributed by atoms with Crippen molar-refractivity contribution in [2.75, 3.05) is 38.7 Å². The number of imidazole rings is 1. The lowest BCUT2D eigenvalue weighted by Crippen LogP contribution is -2.45. The average molecular weight is 441 g/mol. The van der Waals surface area contributed by atoms with Gasteiger partial charge < -0.3 is 25.3 Å². The van der Waals surface area contributed by atoms with Crippen LogP contribution in [0.2, 0.25) is 5.02 Å². The molecule has 164 valence electrons. The first kappa shape index (κ1) is 21.3. The molecule has 0 radical (unpaired) electrons. The third-order valence-electron chi connectivity index (χ3n) is 5.56. The molecule has 1 aromatic heterocycles. The largest absolute Gasteiger partial charge is 0.495 e. The molecule has 3 N–H and O–H groups in total. The van der Waals surface area contributed by atoms with Gasteiger partial charge in [-0.25, -0.2) is 4.98 Å². The smallest absolute Gasteiger partial charge is 0.191 e. The predicted octanol–water partition coefficient (Wildman–Crippen LogP) is 3.60. The summed E-state index contributed by atoms with van der Waals surface area (Å²) in [7, 11) is 3.50. The zero-order chi connectivity index (χ0) is 21.6. The number of halogens is 1. The second-order valence-electron chi connectivity index (χ2n) is 7.70. The number of hydrogen-bond donors (Lipinski definition) is 3. The van der Waals surface area contributed by atoms with Crippen LogP contribution in [0.25, 0.3) is 11.0 Å². The first-order valence-electron chi connectivity index (χ1n) is 10.7. The quantitative estimate of drug-likeness (QED) is 0.297. The molecule has 2 heterocycles. The average Bonchev–Trinajstić information content (AvgIpc) is 3.42. The fourth-order valence-corrected chi connectivity index (χ4v) is 4.15. The van der Waals surface area contributed by atoms with Crippen LogP contribution in [0, 0.1) is 0 Å². The number of aryl methyl sites for hydroxylation is 1. The van der Waals surface area contributed by atoms with Crippen LogP contribution in [0.5, 0.6) is 5.75 Å². The van der Waals surface area contributed by atoms with Gasteiger partial charge in [-0.05, 0) is 43.2 Å². The number of aliphatic imine (C=N–C) groups is 1. The number of anilines is 1. The van der Waals surface area contributed by atoms with Gasteiger partial charge in [-0.3, -0.25) is 4.99 Å². The van der Waals surface area contributed by atoms with E-state index in [0.29, 0.717) is 11.1 Å². The highest BCUT2D eigenvalue weighted by Crippen LogP contribution is 2.33. The fourth-order valence-electron chi connectivity index (χ4n) is 3.98. The Hall–Kier alpha value is -2.93. The molecule has 3 aromatic rings. The molecule has 0 spiro atoms. The van der Waals surface area contributed by atoms with Crippen LogP contribution < -0.4 is 20.3 Å². The molecule has 0 amide bonds. The van der Waals surface area contributed by atoms with Gasteiger partial charge in [-0.15, -0.1) is 0 Å². The molecule has 2 aromatic carbocycles. The lowest BCUT2D eigenvalue weighted by molar-refractivity contribution is 0.415. The molecule has 1 saturated heterocycles. The van der Waals surface area contributed by atoms with Crippen LogP contribution in [-0.4, -0.2) is 55.8 Å². The summed E-state index contributed by atoms with van der Waals surface area (Å²) in [6, 6.07) is 14.2. The number of aromatic amines is 1. The Morgan fingerprint density at radius 3 is 3.00 bits per heavy atom. The van der Waals surface area contributed by atoms with E-state index in [0.717, 1.165) is 73.2 Å². The van der Waals surface area contributed by atoms with Crippen LogP contribution in [-0.2, 0) is 6.42 Å². The Morgan fingerprint density at radius 2 is 2.19 bits per heavy atom. The van der Waals surface area contributed by atoms with E-state index in [9.17, 15) is 0 Å². The molecular weight excluding hydrogens is 412 g/mol. The minimum atomic E-state index is 0.310. The number of H-pyrrole nitrogens is 1. The zero-order valence-corrected chi connectivity index (χ0v) is 18.7. The van der Waals surface area contributed by atoms with Crippen molar-refractivity contribution in [1.82, 2.24) is 20.6 Å². The Labute approximate surface area is 187 Å². The van der Waals surface area contributed by atoms with E-state index < -0.39 is 0 Å². The minimum Gasteiger partial charge on any atom is -0.495 e.